The summed E-state index contributed by atoms with van der Waals surface area (Å²) in [6.45, 7) is 2.46. The van der Waals surface area contributed by atoms with Crippen LogP contribution in [0, 0.1) is 0 Å². The van der Waals surface area contributed by atoms with Crippen LogP contribution in [0.1, 0.15) is 22.8 Å². The first-order valence-electron chi connectivity index (χ1n) is 8.39. The smallest absolute Gasteiger partial charge is 0.255 e. The molecule has 1 N–H and O–H groups in total. The number of hydrogen-bond donors (Lipinski definition) is 1. The minimum Gasteiger partial charge on any atom is -0.496 e. The summed E-state index contributed by atoms with van der Waals surface area (Å²) in [5, 5.41) is 2.67. The summed E-state index contributed by atoms with van der Waals surface area (Å²) < 4.78 is 32.3. The van der Waals surface area contributed by atoms with Gasteiger partial charge in [0.15, 0.2) is 0 Å². The fraction of sp³-hybridized carbons (Fsp3) is 0.316. The van der Waals surface area contributed by atoms with Crippen molar-refractivity contribution in [1.82, 2.24) is 9.62 Å². The Labute approximate surface area is 165 Å². The molecule has 0 bridgehead atoms. The van der Waals surface area contributed by atoms with Crippen LogP contribution in [0.3, 0.4) is 0 Å². The Morgan fingerprint density at radius 1 is 1.19 bits per heavy atom. The molecule has 0 aliphatic heterocycles. The van der Waals surface area contributed by atoms with Crippen LogP contribution < -0.4 is 10.1 Å². The first-order valence-corrected chi connectivity index (χ1v) is 11.1. The van der Waals surface area contributed by atoms with Crippen LogP contribution in [0.15, 0.2) is 52.3 Å². The van der Waals surface area contributed by atoms with Gasteiger partial charge in [0.1, 0.15) is 5.75 Å². The van der Waals surface area contributed by atoms with Gasteiger partial charge in [-0.15, -0.1) is 11.8 Å². The molecule has 2 aromatic rings. The molecule has 0 saturated heterocycles. The molecule has 2 rings (SSSR count). The van der Waals surface area contributed by atoms with E-state index < -0.39 is 10.0 Å². The Kier molecular flexibility index (Phi) is 7.29. The van der Waals surface area contributed by atoms with E-state index in [-0.39, 0.29) is 22.9 Å². The SMILES string of the molecule is CCNC(=O)c1cc(S(=O)(=O)N(C)Cc2ccc(SC)cc2)ccc1OC. The first-order chi connectivity index (χ1) is 12.8. The Hall–Kier alpha value is -2.03. The predicted octanol–water partition coefficient (Wildman–Crippen LogP) is 2.99. The molecule has 6 nitrogen and oxygen atoms in total. The van der Waals surface area contributed by atoms with E-state index in [4.69, 9.17) is 4.74 Å². The molecule has 1 amide bonds. The molecule has 2 aromatic carbocycles. The number of carbonyl (C=O) groups is 1. The van der Waals surface area contributed by atoms with Gasteiger partial charge in [0.05, 0.1) is 17.6 Å². The number of nitrogens with zero attached hydrogens (tertiary/aromatic N) is 1. The van der Waals surface area contributed by atoms with Gasteiger partial charge in [-0.25, -0.2) is 8.42 Å². The number of ether oxygens (including phenoxy) is 1. The number of rotatable bonds is 8. The minimum absolute atomic E-state index is 0.0489. The molecule has 0 heterocycles. The molecule has 0 aromatic heterocycles. The zero-order valence-corrected chi connectivity index (χ0v) is 17.5. The van der Waals surface area contributed by atoms with Gasteiger partial charge in [-0.05, 0) is 49.1 Å². The third kappa shape index (κ3) is 5.03. The number of sulfonamides is 1. The van der Waals surface area contributed by atoms with E-state index in [0.29, 0.717) is 12.3 Å². The molecule has 27 heavy (non-hydrogen) atoms. The average molecular weight is 409 g/mol. The van der Waals surface area contributed by atoms with Crippen molar-refractivity contribution in [1.29, 1.82) is 0 Å². The predicted molar refractivity (Wildman–Crippen MR) is 108 cm³/mol. The normalized spacial score (nSPS) is 11.4. The van der Waals surface area contributed by atoms with E-state index in [0.717, 1.165) is 10.5 Å². The van der Waals surface area contributed by atoms with Crippen LogP contribution in [0.2, 0.25) is 0 Å². The van der Waals surface area contributed by atoms with Crippen LogP contribution in [0.5, 0.6) is 5.75 Å². The van der Waals surface area contributed by atoms with E-state index in [9.17, 15) is 13.2 Å². The second-order valence-electron chi connectivity index (χ2n) is 5.83. The molecule has 0 aliphatic carbocycles. The van der Waals surface area contributed by atoms with Gasteiger partial charge in [0.25, 0.3) is 5.91 Å². The quantitative estimate of drug-likeness (QED) is 0.680. The number of thioether (sulfide) groups is 1. The summed E-state index contributed by atoms with van der Waals surface area (Å²) in [6.07, 6.45) is 1.99. The third-order valence-corrected chi connectivity index (χ3v) is 6.57. The van der Waals surface area contributed by atoms with Crippen molar-refractivity contribution in [2.75, 3.05) is 27.0 Å². The van der Waals surface area contributed by atoms with Crippen LogP contribution >= 0.6 is 11.8 Å². The van der Waals surface area contributed by atoms with Crippen LogP contribution in [-0.4, -0.2) is 45.6 Å². The number of methoxy groups -OCH3 is 1. The zero-order chi connectivity index (χ0) is 20.0. The monoisotopic (exact) mass is 408 g/mol. The summed E-state index contributed by atoms with van der Waals surface area (Å²) in [6, 6.07) is 12.0. The number of carbonyl (C=O) groups excluding carboxylic acids is 1. The molecule has 0 aliphatic rings. The van der Waals surface area contributed by atoms with E-state index in [2.05, 4.69) is 5.32 Å². The first kappa shape index (κ1) is 21.3. The summed E-state index contributed by atoms with van der Waals surface area (Å²) in [5.74, 6) is -0.0445. The summed E-state index contributed by atoms with van der Waals surface area (Å²) in [4.78, 5) is 13.4. The highest BCUT2D eigenvalue weighted by Crippen LogP contribution is 2.25. The average Bonchev–Trinajstić information content (AvgIpc) is 2.68. The molecule has 0 atom stereocenters. The lowest BCUT2D eigenvalue weighted by molar-refractivity contribution is 0.0952. The van der Waals surface area contributed by atoms with Crippen molar-refractivity contribution >= 4 is 27.7 Å². The molecule has 146 valence electrons. The van der Waals surface area contributed by atoms with Crippen molar-refractivity contribution in [3.63, 3.8) is 0 Å². The lowest BCUT2D eigenvalue weighted by atomic mass is 10.2. The molecule has 0 fully saturated rings. The second-order valence-corrected chi connectivity index (χ2v) is 8.76. The van der Waals surface area contributed by atoms with Gasteiger partial charge in [-0.1, -0.05) is 12.1 Å². The molecular weight excluding hydrogens is 384 g/mol. The maximum atomic E-state index is 12.9. The van der Waals surface area contributed by atoms with E-state index in [1.807, 2.05) is 30.5 Å². The van der Waals surface area contributed by atoms with E-state index in [1.54, 1.807) is 18.7 Å². The highest BCUT2D eigenvalue weighted by atomic mass is 32.2. The zero-order valence-electron chi connectivity index (χ0n) is 15.9. The minimum atomic E-state index is -3.76. The van der Waals surface area contributed by atoms with E-state index in [1.165, 1.54) is 36.7 Å². The van der Waals surface area contributed by atoms with Crippen molar-refractivity contribution in [3.05, 3.63) is 53.6 Å². The van der Waals surface area contributed by atoms with Crippen LogP contribution in [0.4, 0.5) is 0 Å². The topological polar surface area (TPSA) is 75.7 Å². The fourth-order valence-electron chi connectivity index (χ4n) is 2.53. The number of nitrogens with one attached hydrogen (secondary N) is 1. The standard InChI is InChI=1S/C19H24N2O4S2/c1-5-20-19(22)17-12-16(10-11-18(17)25-3)27(23,24)21(2)13-14-6-8-15(26-4)9-7-14/h6-12H,5,13H2,1-4H3,(H,20,22). The highest BCUT2D eigenvalue weighted by Gasteiger charge is 2.24. The van der Waals surface area contributed by atoms with Crippen molar-refractivity contribution < 1.29 is 17.9 Å². The Morgan fingerprint density at radius 3 is 2.41 bits per heavy atom. The van der Waals surface area contributed by atoms with Gasteiger partial charge in [0, 0.05) is 25.0 Å². The molecule has 0 radical (unpaired) electrons. The molecule has 0 saturated carbocycles. The summed E-state index contributed by atoms with van der Waals surface area (Å²) >= 11 is 1.63. The lowest BCUT2D eigenvalue weighted by Crippen LogP contribution is -2.27. The van der Waals surface area contributed by atoms with Gasteiger partial charge in [-0.3, -0.25) is 4.79 Å². The Morgan fingerprint density at radius 2 is 1.85 bits per heavy atom. The van der Waals surface area contributed by atoms with Crippen molar-refractivity contribution in [3.8, 4) is 5.75 Å². The molecule has 8 heteroatoms. The maximum absolute atomic E-state index is 12.9. The third-order valence-electron chi connectivity index (χ3n) is 4.03. The van der Waals surface area contributed by atoms with Gasteiger partial charge in [-0.2, -0.15) is 4.31 Å². The summed E-state index contributed by atoms with van der Waals surface area (Å²) in [5.41, 5.74) is 1.08. The van der Waals surface area contributed by atoms with Crippen LogP contribution in [0.25, 0.3) is 0 Å². The lowest BCUT2D eigenvalue weighted by Gasteiger charge is -2.18. The van der Waals surface area contributed by atoms with Crippen molar-refractivity contribution in [2.24, 2.45) is 0 Å². The highest BCUT2D eigenvalue weighted by molar-refractivity contribution is 7.98. The molecule has 0 unspecified atom stereocenters. The Balaban J connectivity index is 2.30. The van der Waals surface area contributed by atoms with Gasteiger partial charge >= 0.3 is 0 Å². The molecular formula is C19H24N2O4S2. The molecule has 0 spiro atoms. The van der Waals surface area contributed by atoms with Gasteiger partial charge in [0.2, 0.25) is 10.0 Å². The number of benzene rings is 2. The van der Waals surface area contributed by atoms with Crippen molar-refractivity contribution in [2.45, 2.75) is 23.3 Å². The fourth-order valence-corrected chi connectivity index (χ4v) is 4.13. The van der Waals surface area contributed by atoms with Crippen LogP contribution in [-0.2, 0) is 16.6 Å². The van der Waals surface area contributed by atoms with Gasteiger partial charge < -0.3 is 10.1 Å². The number of amides is 1. The second kappa shape index (κ2) is 9.25. The largest absolute Gasteiger partial charge is 0.496 e. The number of hydrogen-bond acceptors (Lipinski definition) is 5. The summed E-state index contributed by atoms with van der Waals surface area (Å²) in [7, 11) is -0.793. The van der Waals surface area contributed by atoms with E-state index >= 15 is 0 Å². The Bertz CT molecular complexity index is 896. The maximum Gasteiger partial charge on any atom is 0.255 e.